The van der Waals surface area contributed by atoms with Crippen LogP contribution in [0.1, 0.15) is 135 Å². The minimum atomic E-state index is -0.485. The average Bonchev–Trinajstić information content (AvgIpc) is 3.41. The number of nitrogens with two attached hydrogens (primary N) is 4. The highest BCUT2D eigenvalue weighted by atomic mass is 16.5. The molecule has 408 valence electrons. The molecule has 14 heteroatoms. The summed E-state index contributed by atoms with van der Waals surface area (Å²) in [6.45, 7) is 10.3. The zero-order valence-corrected chi connectivity index (χ0v) is 44.2. The molecule has 0 atom stereocenters. The second-order valence-electron chi connectivity index (χ2n) is 19.8. The van der Waals surface area contributed by atoms with Gasteiger partial charge in [0.1, 0.15) is 11.5 Å². The highest BCUT2D eigenvalue weighted by Crippen LogP contribution is 2.33. The van der Waals surface area contributed by atoms with Crippen LogP contribution < -0.4 is 32.4 Å². The summed E-state index contributed by atoms with van der Waals surface area (Å²) in [7, 11) is 0. The molecule has 0 aromatic heterocycles. The fourth-order valence-electron chi connectivity index (χ4n) is 9.13. The predicted molar refractivity (Wildman–Crippen MR) is 303 cm³/mol. The van der Waals surface area contributed by atoms with Crippen molar-refractivity contribution in [3.8, 4) is 11.5 Å². The fourth-order valence-corrected chi connectivity index (χ4v) is 9.13. The molecule has 2 saturated carbocycles. The first-order valence-electron chi connectivity index (χ1n) is 26.9. The van der Waals surface area contributed by atoms with E-state index < -0.39 is 17.9 Å². The number of benzene rings is 4. The molecule has 0 unspecified atom stereocenters. The van der Waals surface area contributed by atoms with Crippen LogP contribution >= 0.6 is 0 Å². The van der Waals surface area contributed by atoms with E-state index in [4.69, 9.17) is 51.4 Å². The quantitative estimate of drug-likeness (QED) is 0.0104. The van der Waals surface area contributed by atoms with Crippen LogP contribution in [0.15, 0.2) is 122 Å². The summed E-state index contributed by atoms with van der Waals surface area (Å²) in [6.07, 6.45) is 26.9. The van der Waals surface area contributed by atoms with Gasteiger partial charge in [-0.25, -0.2) is 19.2 Å². The van der Waals surface area contributed by atoms with Crippen LogP contribution in [0.3, 0.4) is 0 Å². The number of rotatable bonds is 28. The number of ether oxygens (including phenoxy) is 6. The van der Waals surface area contributed by atoms with Crippen molar-refractivity contribution in [2.24, 2.45) is 23.7 Å². The third-order valence-corrected chi connectivity index (χ3v) is 13.4. The fraction of sp³-hybridized carbons (Fsp3) is 0.419. The molecule has 14 nitrogen and oxygen atoms in total. The Balaban J connectivity index is 0.000000281. The highest BCUT2D eigenvalue weighted by molar-refractivity contribution is 5.92. The maximum absolute atomic E-state index is 12.0. The lowest BCUT2D eigenvalue weighted by molar-refractivity contribution is -0.138. The molecule has 2 fully saturated rings. The minimum Gasteiger partial charge on any atom is -0.493 e. The maximum Gasteiger partial charge on any atom is 0.338 e. The number of allylic oxidation sites excluding steroid dienone is 2. The van der Waals surface area contributed by atoms with Gasteiger partial charge in [-0.05, 0) is 210 Å². The van der Waals surface area contributed by atoms with Crippen LogP contribution in [-0.4, -0.2) is 63.5 Å². The Hall–Kier alpha value is -7.48. The van der Waals surface area contributed by atoms with E-state index in [9.17, 15) is 19.2 Å². The van der Waals surface area contributed by atoms with E-state index in [1.54, 1.807) is 36.4 Å². The van der Waals surface area contributed by atoms with Gasteiger partial charge in [-0.2, -0.15) is 0 Å². The molecule has 0 amide bonds. The van der Waals surface area contributed by atoms with Crippen LogP contribution in [0.25, 0.3) is 12.2 Å². The third kappa shape index (κ3) is 23.4. The van der Waals surface area contributed by atoms with Gasteiger partial charge in [0.05, 0.1) is 50.8 Å². The molecule has 0 aliphatic heterocycles. The van der Waals surface area contributed by atoms with Gasteiger partial charge in [0.2, 0.25) is 0 Å². The Labute approximate surface area is 449 Å². The van der Waals surface area contributed by atoms with Gasteiger partial charge >= 0.3 is 23.9 Å². The molecule has 0 radical (unpaired) electrons. The minimum absolute atomic E-state index is 0.214. The normalized spacial score (nSPS) is 17.2. The molecule has 0 bridgehead atoms. The number of nitrogen functional groups attached to an aromatic ring is 4. The lowest BCUT2D eigenvalue weighted by Crippen LogP contribution is -2.19. The van der Waals surface area contributed by atoms with Crippen molar-refractivity contribution in [1.29, 1.82) is 0 Å². The zero-order valence-electron chi connectivity index (χ0n) is 44.2. The van der Waals surface area contributed by atoms with E-state index >= 15 is 0 Å². The van der Waals surface area contributed by atoms with E-state index in [1.807, 2.05) is 60.7 Å². The topological polar surface area (TPSA) is 228 Å². The van der Waals surface area contributed by atoms with Crippen molar-refractivity contribution in [2.75, 3.05) is 62.6 Å². The van der Waals surface area contributed by atoms with E-state index in [-0.39, 0.29) is 19.2 Å². The smallest absolute Gasteiger partial charge is 0.338 e. The summed E-state index contributed by atoms with van der Waals surface area (Å²) in [5.41, 5.74) is 26.9. The molecule has 0 saturated heterocycles. The van der Waals surface area contributed by atoms with Crippen LogP contribution in [0.2, 0.25) is 0 Å². The molecular weight excluding hydrogens is 961 g/mol. The van der Waals surface area contributed by atoms with Crippen LogP contribution in [0.4, 0.5) is 22.7 Å². The van der Waals surface area contributed by atoms with Crippen molar-refractivity contribution >= 4 is 58.8 Å². The van der Waals surface area contributed by atoms with Gasteiger partial charge in [0.25, 0.3) is 0 Å². The van der Waals surface area contributed by atoms with Gasteiger partial charge < -0.3 is 51.4 Å². The van der Waals surface area contributed by atoms with Gasteiger partial charge in [-0.15, -0.1) is 13.2 Å². The first-order valence-corrected chi connectivity index (χ1v) is 26.9. The Kier molecular flexibility index (Phi) is 26.1. The summed E-state index contributed by atoms with van der Waals surface area (Å²) >= 11 is 0. The predicted octanol–water partition coefficient (Wildman–Crippen LogP) is 12.4. The lowest BCUT2D eigenvalue weighted by Gasteiger charge is -2.27. The number of esters is 4. The Morgan fingerprint density at radius 3 is 1.09 bits per heavy atom. The maximum atomic E-state index is 12.0. The van der Waals surface area contributed by atoms with Gasteiger partial charge in [-0.3, -0.25) is 0 Å². The van der Waals surface area contributed by atoms with Crippen molar-refractivity contribution in [3.05, 3.63) is 145 Å². The molecule has 76 heavy (non-hydrogen) atoms. The standard InChI is InChI=1S/C32H42N2O5.C30H38N2O5/c1-2-7-24-8-10-26(11-9-24)23-39-30-15-12-25(13-16-30)14-17-31(35)37-18-5-3-4-6-19-38-32(36)27-20-28(33)22-29(34)21-27;1-2-5-22-6-8-24(9-7-22)21-37-28-13-10-23(11-14-28)12-15-29(33)35-16-3-4-17-36-30(34)25-18-26(31)20-27(32)19-25/h2,12-17,20-22,24,26H,1,3-11,18-19,23,33-34H2;2,10-15,18-20,22,24H,1,3-9,16-17,21,31-32H2. The molecular formula is C62H80N4O10. The van der Waals surface area contributed by atoms with Crippen LogP contribution in [-0.2, 0) is 28.5 Å². The van der Waals surface area contributed by atoms with E-state index in [1.165, 1.54) is 75.7 Å². The first-order chi connectivity index (χ1) is 36.8. The van der Waals surface area contributed by atoms with E-state index in [2.05, 4.69) is 13.2 Å². The summed E-state index contributed by atoms with van der Waals surface area (Å²) in [5.74, 6) is 2.82. The number of anilines is 4. The van der Waals surface area contributed by atoms with Crippen LogP contribution in [0.5, 0.6) is 11.5 Å². The SMILES string of the molecule is C=CCC1CCC(COc2ccc(C=CC(=O)OCCCCCCOC(=O)c3cc(N)cc(N)c3)cc2)CC1.C=CCC1CCC(COc2ccc(C=CC(=O)OCCCCOC(=O)c3cc(N)cc(N)c3)cc2)CC1. The zero-order chi connectivity index (χ0) is 54.3. The van der Waals surface area contributed by atoms with E-state index in [0.717, 1.165) is 86.2 Å². The molecule has 0 heterocycles. The molecule has 8 N–H and O–H groups in total. The van der Waals surface area contributed by atoms with Crippen molar-refractivity contribution in [2.45, 2.75) is 103 Å². The average molecular weight is 1040 g/mol. The van der Waals surface area contributed by atoms with Gasteiger partial charge in [-0.1, -0.05) is 36.4 Å². The molecule has 2 aliphatic rings. The Morgan fingerprint density at radius 1 is 0.434 bits per heavy atom. The molecule has 4 aromatic carbocycles. The van der Waals surface area contributed by atoms with Crippen molar-refractivity contribution < 1.29 is 47.6 Å². The van der Waals surface area contributed by atoms with Gasteiger partial charge in [0, 0.05) is 34.9 Å². The summed E-state index contributed by atoms with van der Waals surface area (Å²) in [5, 5.41) is 0. The summed E-state index contributed by atoms with van der Waals surface area (Å²) in [6, 6.07) is 24.7. The molecule has 2 aliphatic carbocycles. The Bertz CT molecular complexity index is 2450. The molecule has 6 rings (SSSR count). The van der Waals surface area contributed by atoms with Crippen molar-refractivity contribution in [1.82, 2.24) is 0 Å². The van der Waals surface area contributed by atoms with Gasteiger partial charge in [0.15, 0.2) is 0 Å². The largest absolute Gasteiger partial charge is 0.493 e. The second-order valence-corrected chi connectivity index (χ2v) is 19.8. The Morgan fingerprint density at radius 2 is 0.750 bits per heavy atom. The number of unbranched alkanes of at least 4 members (excludes halogenated alkanes) is 4. The number of carbonyl (C=O) groups is 4. The summed E-state index contributed by atoms with van der Waals surface area (Å²) in [4.78, 5) is 48.1. The summed E-state index contributed by atoms with van der Waals surface area (Å²) < 4.78 is 32.9. The van der Waals surface area contributed by atoms with Crippen LogP contribution in [0, 0.1) is 23.7 Å². The monoisotopic (exact) mass is 1040 g/mol. The lowest BCUT2D eigenvalue weighted by atomic mass is 9.81. The molecule has 4 aromatic rings. The van der Waals surface area contributed by atoms with E-state index in [0.29, 0.717) is 71.8 Å². The number of hydrogen-bond donors (Lipinski definition) is 4. The number of hydrogen-bond acceptors (Lipinski definition) is 14. The van der Waals surface area contributed by atoms with Crippen molar-refractivity contribution in [3.63, 3.8) is 0 Å². The third-order valence-electron chi connectivity index (χ3n) is 13.4. The highest BCUT2D eigenvalue weighted by Gasteiger charge is 2.22. The number of carbonyl (C=O) groups excluding carboxylic acids is 4. The first kappa shape index (κ1) is 59.4. The second kappa shape index (κ2) is 33.4. The molecule has 0 spiro atoms.